The maximum absolute atomic E-state index is 11.6. The molecule has 1 atom stereocenters. The average molecular weight is 480 g/mol. The van der Waals surface area contributed by atoms with E-state index in [-0.39, 0.29) is 11.9 Å². The first-order valence-corrected chi connectivity index (χ1v) is 11.8. The summed E-state index contributed by atoms with van der Waals surface area (Å²) in [5.41, 5.74) is 4.39. The lowest BCUT2D eigenvalue weighted by molar-refractivity contribution is 0.245. The third-order valence-corrected chi connectivity index (χ3v) is 6.97. The molecule has 0 saturated carbocycles. The van der Waals surface area contributed by atoms with Crippen LogP contribution in [0, 0.1) is 6.92 Å². The molecule has 2 N–H and O–H groups in total. The Bertz CT molecular complexity index is 1170. The first-order chi connectivity index (χ1) is 13.2. The number of primary sulfonamides is 1. The molecule has 0 fully saturated rings. The molecule has 2 aromatic carbocycles. The zero-order chi connectivity index (χ0) is 20.1. The number of methoxy groups -OCH3 is 1. The van der Waals surface area contributed by atoms with Gasteiger partial charge in [0.15, 0.2) is 6.10 Å². The lowest BCUT2D eigenvalue weighted by Crippen LogP contribution is -2.17. The monoisotopic (exact) mass is 479 g/mol. The van der Waals surface area contributed by atoms with Gasteiger partial charge in [-0.3, -0.25) is 0 Å². The van der Waals surface area contributed by atoms with E-state index in [1.54, 1.807) is 24.5 Å². The van der Waals surface area contributed by atoms with Gasteiger partial charge in [0.1, 0.15) is 11.5 Å². The summed E-state index contributed by atoms with van der Waals surface area (Å²) in [5.74, 6) is 1.25. The fourth-order valence-electron chi connectivity index (χ4n) is 3.49. The van der Waals surface area contributed by atoms with Crippen LogP contribution >= 0.6 is 27.3 Å². The molecule has 0 saturated heterocycles. The molecule has 0 amide bonds. The third-order valence-electron chi connectivity index (χ3n) is 4.56. The summed E-state index contributed by atoms with van der Waals surface area (Å²) < 4.78 is 36.2. The van der Waals surface area contributed by atoms with Gasteiger partial charge in [0.05, 0.1) is 27.1 Å². The number of halogens is 1. The second-order valence-electron chi connectivity index (χ2n) is 6.71. The van der Waals surface area contributed by atoms with Gasteiger partial charge < -0.3 is 9.47 Å². The lowest BCUT2D eigenvalue weighted by atomic mass is 9.89. The standard InChI is InChI=1S/C20H18BrNO4S2/c1-11-7-15(25-2)19-13-4-3-12(10-28(22,23)24)9-14(13)20(26-16(19)8-11)17-5-6-18(21)27-17/h3-9,20H,10H2,1-2H3,(H2,22,23,24). The van der Waals surface area contributed by atoms with Crippen molar-refractivity contribution in [1.29, 1.82) is 0 Å². The Morgan fingerprint density at radius 2 is 2.00 bits per heavy atom. The van der Waals surface area contributed by atoms with E-state index in [9.17, 15) is 8.42 Å². The predicted octanol–water partition coefficient (Wildman–Crippen LogP) is 4.76. The molecule has 3 aromatic rings. The van der Waals surface area contributed by atoms with Crippen molar-refractivity contribution < 1.29 is 17.9 Å². The second-order valence-corrected chi connectivity index (χ2v) is 10.8. The number of thiophene rings is 1. The molecular weight excluding hydrogens is 462 g/mol. The number of nitrogens with two attached hydrogens (primary N) is 1. The molecule has 0 radical (unpaired) electrons. The Kier molecular flexibility index (Phi) is 4.99. The Morgan fingerprint density at radius 1 is 1.21 bits per heavy atom. The number of hydrogen-bond donors (Lipinski definition) is 1. The van der Waals surface area contributed by atoms with Gasteiger partial charge in [0.25, 0.3) is 0 Å². The number of ether oxygens (including phenoxy) is 2. The van der Waals surface area contributed by atoms with Gasteiger partial charge in [-0.1, -0.05) is 18.2 Å². The normalized spacial score (nSPS) is 15.5. The quantitative estimate of drug-likeness (QED) is 0.584. The first-order valence-electron chi connectivity index (χ1n) is 8.49. The summed E-state index contributed by atoms with van der Waals surface area (Å²) in [6.07, 6.45) is -0.342. The number of benzene rings is 2. The van der Waals surface area contributed by atoms with Crippen molar-refractivity contribution in [1.82, 2.24) is 0 Å². The summed E-state index contributed by atoms with van der Waals surface area (Å²) in [7, 11) is -2.00. The topological polar surface area (TPSA) is 78.6 Å². The summed E-state index contributed by atoms with van der Waals surface area (Å²) >= 11 is 5.09. The first kappa shape index (κ1) is 19.4. The van der Waals surface area contributed by atoms with Crippen LogP contribution in [0.5, 0.6) is 11.5 Å². The highest BCUT2D eigenvalue weighted by Gasteiger charge is 2.31. The SMILES string of the molecule is COc1cc(C)cc2c1-c1ccc(CS(N)(=O)=O)cc1C(c1ccc(Br)s1)O2. The number of sulfonamides is 1. The van der Waals surface area contributed by atoms with Crippen molar-refractivity contribution in [2.75, 3.05) is 7.11 Å². The van der Waals surface area contributed by atoms with Gasteiger partial charge in [-0.05, 0) is 63.8 Å². The van der Waals surface area contributed by atoms with Crippen LogP contribution in [0.25, 0.3) is 11.1 Å². The van der Waals surface area contributed by atoms with Crippen molar-refractivity contribution in [3.63, 3.8) is 0 Å². The molecule has 1 unspecified atom stereocenters. The fourth-order valence-corrected chi connectivity index (χ4v) is 5.61. The van der Waals surface area contributed by atoms with E-state index in [0.29, 0.717) is 5.56 Å². The molecule has 0 spiro atoms. The highest BCUT2D eigenvalue weighted by molar-refractivity contribution is 9.11. The Hall–Kier alpha value is -1.87. The zero-order valence-electron chi connectivity index (χ0n) is 15.2. The van der Waals surface area contributed by atoms with Gasteiger partial charge in [-0.15, -0.1) is 11.3 Å². The van der Waals surface area contributed by atoms with E-state index in [2.05, 4.69) is 15.9 Å². The molecule has 8 heteroatoms. The second kappa shape index (κ2) is 7.18. The fraction of sp³-hybridized carbons (Fsp3) is 0.200. The van der Waals surface area contributed by atoms with E-state index >= 15 is 0 Å². The highest BCUT2D eigenvalue weighted by atomic mass is 79.9. The molecule has 2 heterocycles. The van der Waals surface area contributed by atoms with E-state index < -0.39 is 10.0 Å². The zero-order valence-corrected chi connectivity index (χ0v) is 18.4. The van der Waals surface area contributed by atoms with Gasteiger partial charge in [-0.2, -0.15) is 0 Å². The Morgan fingerprint density at radius 3 is 2.64 bits per heavy atom. The Balaban J connectivity index is 1.94. The molecule has 28 heavy (non-hydrogen) atoms. The van der Waals surface area contributed by atoms with Crippen LogP contribution in [-0.4, -0.2) is 15.5 Å². The van der Waals surface area contributed by atoms with E-state index in [0.717, 1.165) is 42.4 Å². The number of fused-ring (bicyclic) bond motifs is 3. The molecule has 4 rings (SSSR count). The average Bonchev–Trinajstić information content (AvgIpc) is 3.04. The number of aryl methyl sites for hydroxylation is 1. The van der Waals surface area contributed by atoms with Gasteiger partial charge in [0, 0.05) is 5.56 Å². The highest BCUT2D eigenvalue weighted by Crippen LogP contribution is 2.50. The molecule has 0 bridgehead atoms. The van der Waals surface area contributed by atoms with Gasteiger partial charge in [-0.25, -0.2) is 13.6 Å². The van der Waals surface area contributed by atoms with Crippen LogP contribution < -0.4 is 14.6 Å². The van der Waals surface area contributed by atoms with Crippen LogP contribution in [-0.2, 0) is 15.8 Å². The minimum absolute atomic E-state index is 0.223. The van der Waals surface area contributed by atoms with E-state index in [1.807, 2.05) is 43.3 Å². The number of rotatable bonds is 4. The molecule has 1 aliphatic rings. The van der Waals surface area contributed by atoms with Crippen molar-refractivity contribution in [3.05, 3.63) is 67.8 Å². The maximum atomic E-state index is 11.6. The van der Waals surface area contributed by atoms with Crippen LogP contribution in [0.4, 0.5) is 0 Å². The molecule has 1 aromatic heterocycles. The molecule has 1 aliphatic heterocycles. The third kappa shape index (κ3) is 3.69. The largest absolute Gasteiger partial charge is 0.496 e. The molecule has 146 valence electrons. The van der Waals surface area contributed by atoms with E-state index in [1.165, 1.54) is 0 Å². The smallest absolute Gasteiger partial charge is 0.213 e. The van der Waals surface area contributed by atoms with Crippen LogP contribution in [0.3, 0.4) is 0 Å². The van der Waals surface area contributed by atoms with Crippen LogP contribution in [0.1, 0.15) is 27.7 Å². The minimum atomic E-state index is -3.63. The van der Waals surface area contributed by atoms with Crippen LogP contribution in [0.15, 0.2) is 46.3 Å². The molecule has 5 nitrogen and oxygen atoms in total. The lowest BCUT2D eigenvalue weighted by Gasteiger charge is -2.30. The summed E-state index contributed by atoms with van der Waals surface area (Å²) in [6, 6.07) is 13.5. The van der Waals surface area contributed by atoms with Gasteiger partial charge in [0.2, 0.25) is 10.0 Å². The van der Waals surface area contributed by atoms with Crippen LogP contribution in [0.2, 0.25) is 0 Å². The van der Waals surface area contributed by atoms with Crippen molar-refractivity contribution in [2.45, 2.75) is 18.8 Å². The van der Waals surface area contributed by atoms with Gasteiger partial charge >= 0.3 is 0 Å². The maximum Gasteiger partial charge on any atom is 0.213 e. The van der Waals surface area contributed by atoms with Crippen molar-refractivity contribution in [2.24, 2.45) is 5.14 Å². The Labute approximate surface area is 176 Å². The molecule has 0 aliphatic carbocycles. The molecular formula is C20H18BrNO4S2. The van der Waals surface area contributed by atoms with E-state index in [4.69, 9.17) is 14.6 Å². The van der Waals surface area contributed by atoms with Crippen molar-refractivity contribution >= 4 is 37.3 Å². The summed E-state index contributed by atoms with van der Waals surface area (Å²) in [5, 5.41) is 5.25. The van der Waals surface area contributed by atoms with Crippen molar-refractivity contribution in [3.8, 4) is 22.6 Å². The number of hydrogen-bond acceptors (Lipinski definition) is 5. The summed E-state index contributed by atoms with van der Waals surface area (Å²) in [4.78, 5) is 1.02. The predicted molar refractivity (Wildman–Crippen MR) is 114 cm³/mol. The summed E-state index contributed by atoms with van der Waals surface area (Å²) in [6.45, 7) is 1.99. The minimum Gasteiger partial charge on any atom is -0.496 e.